The predicted molar refractivity (Wildman–Crippen MR) is 54.2 cm³/mol. The van der Waals surface area contributed by atoms with Crippen molar-refractivity contribution in [2.75, 3.05) is 0 Å². The van der Waals surface area contributed by atoms with Crippen molar-refractivity contribution < 1.29 is 0 Å². The summed E-state index contributed by atoms with van der Waals surface area (Å²) in [6.45, 7) is 11.7. The molecule has 0 aliphatic carbocycles. The normalized spacial score (nSPS) is 38.2. The minimum absolute atomic E-state index is 0.491. The Bertz CT molecular complexity index is 136. The van der Waals surface area contributed by atoms with Gasteiger partial charge in [0, 0.05) is 12.1 Å². The highest BCUT2D eigenvalue weighted by atomic mass is 15.0. The lowest BCUT2D eigenvalue weighted by atomic mass is 9.72. The van der Waals surface area contributed by atoms with Crippen LogP contribution in [0.25, 0.3) is 0 Å². The fraction of sp³-hybridized carbons (Fsp3) is 1.00. The van der Waals surface area contributed by atoms with E-state index in [1.54, 1.807) is 0 Å². The van der Waals surface area contributed by atoms with Crippen molar-refractivity contribution in [3.63, 3.8) is 0 Å². The van der Waals surface area contributed by atoms with Crippen molar-refractivity contribution >= 4 is 0 Å². The van der Waals surface area contributed by atoms with E-state index in [4.69, 9.17) is 0 Å². The Morgan fingerprint density at radius 2 is 1.42 bits per heavy atom. The van der Waals surface area contributed by atoms with Crippen molar-refractivity contribution in [3.05, 3.63) is 0 Å². The second-order valence-electron chi connectivity index (χ2n) is 5.50. The second kappa shape index (κ2) is 3.37. The first-order valence-electron chi connectivity index (χ1n) is 5.15. The highest BCUT2D eigenvalue weighted by molar-refractivity contribution is 4.86. The van der Waals surface area contributed by atoms with Crippen LogP contribution < -0.4 is 5.32 Å². The maximum Gasteiger partial charge on any atom is 0.00440 e. The van der Waals surface area contributed by atoms with Gasteiger partial charge in [0.2, 0.25) is 0 Å². The standard InChI is InChI=1S/C11H23N/c1-8-6-10(11(3,4)5)7-9(2)12-8/h8-10,12H,6-7H2,1-5H3/t8-,9-/m0/s1. The molecule has 0 spiro atoms. The lowest BCUT2D eigenvalue weighted by Gasteiger charge is -2.40. The van der Waals surface area contributed by atoms with Crippen LogP contribution in [0.4, 0.5) is 0 Å². The molecule has 1 heteroatoms. The molecule has 0 bridgehead atoms. The van der Waals surface area contributed by atoms with Gasteiger partial charge in [-0.25, -0.2) is 0 Å². The zero-order valence-electron chi connectivity index (χ0n) is 9.15. The summed E-state index contributed by atoms with van der Waals surface area (Å²) in [5.74, 6) is 0.892. The molecule has 1 N–H and O–H groups in total. The van der Waals surface area contributed by atoms with Crippen molar-refractivity contribution in [3.8, 4) is 0 Å². The van der Waals surface area contributed by atoms with Crippen LogP contribution in [0.2, 0.25) is 0 Å². The van der Waals surface area contributed by atoms with Crippen LogP contribution in [0.1, 0.15) is 47.5 Å². The highest BCUT2D eigenvalue weighted by Crippen LogP contribution is 2.35. The summed E-state index contributed by atoms with van der Waals surface area (Å²) in [6, 6.07) is 1.41. The molecule has 0 aromatic carbocycles. The molecule has 1 nitrogen and oxygen atoms in total. The number of nitrogens with one attached hydrogen (secondary N) is 1. The van der Waals surface area contributed by atoms with Crippen LogP contribution in [-0.2, 0) is 0 Å². The van der Waals surface area contributed by atoms with Crippen LogP contribution in [0, 0.1) is 11.3 Å². The van der Waals surface area contributed by atoms with Gasteiger partial charge in [-0.2, -0.15) is 0 Å². The van der Waals surface area contributed by atoms with E-state index in [2.05, 4.69) is 39.9 Å². The number of hydrogen-bond acceptors (Lipinski definition) is 1. The molecule has 0 amide bonds. The third-order valence-corrected chi connectivity index (χ3v) is 3.07. The molecule has 1 rings (SSSR count). The maximum atomic E-state index is 3.58. The lowest BCUT2D eigenvalue weighted by Crippen LogP contribution is -2.45. The first-order valence-corrected chi connectivity index (χ1v) is 5.15. The second-order valence-corrected chi connectivity index (χ2v) is 5.50. The molecule has 0 aromatic heterocycles. The van der Waals surface area contributed by atoms with E-state index in [9.17, 15) is 0 Å². The van der Waals surface area contributed by atoms with Gasteiger partial charge in [-0.1, -0.05) is 20.8 Å². The van der Waals surface area contributed by atoms with Crippen LogP contribution in [0.5, 0.6) is 0 Å². The average Bonchev–Trinajstić information content (AvgIpc) is 1.82. The molecule has 1 fully saturated rings. The summed E-state index contributed by atoms with van der Waals surface area (Å²) >= 11 is 0. The number of piperidine rings is 1. The summed E-state index contributed by atoms with van der Waals surface area (Å²) < 4.78 is 0. The highest BCUT2D eigenvalue weighted by Gasteiger charge is 2.31. The van der Waals surface area contributed by atoms with E-state index in [1.165, 1.54) is 12.8 Å². The molecular weight excluding hydrogens is 146 g/mol. The Balaban J connectivity index is 2.55. The van der Waals surface area contributed by atoms with Gasteiger partial charge in [0.05, 0.1) is 0 Å². The summed E-state index contributed by atoms with van der Waals surface area (Å²) in [5.41, 5.74) is 0.491. The van der Waals surface area contributed by atoms with Gasteiger partial charge < -0.3 is 5.32 Å². The van der Waals surface area contributed by atoms with E-state index < -0.39 is 0 Å². The third-order valence-electron chi connectivity index (χ3n) is 3.07. The average molecular weight is 169 g/mol. The Morgan fingerprint density at radius 3 is 1.75 bits per heavy atom. The molecule has 1 saturated heterocycles. The number of hydrogen-bond donors (Lipinski definition) is 1. The molecular formula is C11H23N. The Kier molecular flexibility index (Phi) is 2.82. The molecule has 1 heterocycles. The van der Waals surface area contributed by atoms with Gasteiger partial charge in [-0.05, 0) is 38.0 Å². The molecule has 0 radical (unpaired) electrons. The van der Waals surface area contributed by atoms with E-state index in [1.807, 2.05) is 0 Å². The maximum absolute atomic E-state index is 3.58. The smallest absolute Gasteiger partial charge is 0.00440 e. The Morgan fingerprint density at radius 1 is 1.00 bits per heavy atom. The van der Waals surface area contributed by atoms with Gasteiger partial charge in [-0.15, -0.1) is 0 Å². The van der Waals surface area contributed by atoms with Gasteiger partial charge in [0.15, 0.2) is 0 Å². The molecule has 1 aliphatic heterocycles. The minimum atomic E-state index is 0.491. The minimum Gasteiger partial charge on any atom is -0.312 e. The van der Waals surface area contributed by atoms with Crippen LogP contribution >= 0.6 is 0 Å². The fourth-order valence-corrected chi connectivity index (χ4v) is 2.28. The molecule has 0 saturated carbocycles. The SMILES string of the molecule is C[C@H]1CC(C(C)(C)C)C[C@H](C)N1. The zero-order chi connectivity index (χ0) is 9.35. The summed E-state index contributed by atoms with van der Waals surface area (Å²) in [5, 5.41) is 3.58. The van der Waals surface area contributed by atoms with E-state index in [0.717, 1.165) is 5.92 Å². The number of rotatable bonds is 0. The van der Waals surface area contributed by atoms with Crippen molar-refractivity contribution in [2.24, 2.45) is 11.3 Å². The zero-order valence-corrected chi connectivity index (χ0v) is 9.15. The van der Waals surface area contributed by atoms with E-state index >= 15 is 0 Å². The Hall–Kier alpha value is -0.0400. The largest absolute Gasteiger partial charge is 0.312 e. The van der Waals surface area contributed by atoms with Gasteiger partial charge >= 0.3 is 0 Å². The summed E-state index contributed by atoms with van der Waals surface area (Å²) in [6.07, 6.45) is 2.68. The quantitative estimate of drug-likeness (QED) is 0.588. The summed E-state index contributed by atoms with van der Waals surface area (Å²) in [4.78, 5) is 0. The molecule has 0 unspecified atom stereocenters. The molecule has 0 aromatic rings. The van der Waals surface area contributed by atoms with Crippen LogP contribution in [0.15, 0.2) is 0 Å². The Labute approximate surface area is 76.9 Å². The third kappa shape index (κ3) is 2.48. The van der Waals surface area contributed by atoms with Crippen LogP contribution in [-0.4, -0.2) is 12.1 Å². The lowest BCUT2D eigenvalue weighted by molar-refractivity contribution is 0.141. The van der Waals surface area contributed by atoms with Crippen molar-refractivity contribution in [1.29, 1.82) is 0 Å². The fourth-order valence-electron chi connectivity index (χ4n) is 2.28. The molecule has 1 aliphatic rings. The van der Waals surface area contributed by atoms with Gasteiger partial charge in [0.25, 0.3) is 0 Å². The molecule has 2 atom stereocenters. The van der Waals surface area contributed by atoms with E-state index in [0.29, 0.717) is 17.5 Å². The first kappa shape index (κ1) is 10.0. The van der Waals surface area contributed by atoms with Gasteiger partial charge in [0.1, 0.15) is 0 Å². The molecule has 72 valence electrons. The van der Waals surface area contributed by atoms with Crippen molar-refractivity contribution in [1.82, 2.24) is 5.32 Å². The summed E-state index contributed by atoms with van der Waals surface area (Å²) in [7, 11) is 0. The monoisotopic (exact) mass is 169 g/mol. The van der Waals surface area contributed by atoms with E-state index in [-0.39, 0.29) is 0 Å². The van der Waals surface area contributed by atoms with Crippen LogP contribution in [0.3, 0.4) is 0 Å². The van der Waals surface area contributed by atoms with Gasteiger partial charge in [-0.3, -0.25) is 0 Å². The van der Waals surface area contributed by atoms with Crippen molar-refractivity contribution in [2.45, 2.75) is 59.5 Å². The predicted octanol–water partition coefficient (Wildman–Crippen LogP) is 2.81. The topological polar surface area (TPSA) is 12.0 Å². The first-order chi connectivity index (χ1) is 5.39. The molecule has 12 heavy (non-hydrogen) atoms.